The van der Waals surface area contributed by atoms with Crippen LogP contribution in [0.4, 0.5) is 0 Å². The van der Waals surface area contributed by atoms with E-state index in [4.69, 9.17) is 4.74 Å². The van der Waals surface area contributed by atoms with Gasteiger partial charge in [-0.15, -0.1) is 0 Å². The van der Waals surface area contributed by atoms with Crippen molar-refractivity contribution in [1.29, 1.82) is 0 Å². The molecule has 0 bridgehead atoms. The van der Waals surface area contributed by atoms with Crippen molar-refractivity contribution in [3.63, 3.8) is 0 Å². The lowest BCUT2D eigenvalue weighted by molar-refractivity contribution is -0.136. The molecule has 25 heavy (non-hydrogen) atoms. The average molecular weight is 337 g/mol. The summed E-state index contributed by atoms with van der Waals surface area (Å²) in [5, 5.41) is 11.2. The summed E-state index contributed by atoms with van der Waals surface area (Å²) < 4.78 is 5.99. The molecule has 0 fully saturated rings. The van der Waals surface area contributed by atoms with Gasteiger partial charge in [-0.2, -0.15) is 0 Å². The van der Waals surface area contributed by atoms with Gasteiger partial charge in [-0.25, -0.2) is 0 Å². The number of aliphatic carboxylic acids is 1. The Balaban J connectivity index is 2.19. The molecule has 1 aliphatic heterocycles. The van der Waals surface area contributed by atoms with Crippen molar-refractivity contribution in [2.24, 2.45) is 0 Å². The molecule has 130 valence electrons. The quantitative estimate of drug-likeness (QED) is 0.903. The fourth-order valence-corrected chi connectivity index (χ4v) is 3.08. The molecule has 0 spiro atoms. The number of benzene rings is 2. The minimum Gasteiger partial charge on any atom is -0.488 e. The smallest absolute Gasteiger partial charge is 0.307 e. The van der Waals surface area contributed by atoms with Crippen molar-refractivity contribution in [3.8, 4) is 5.75 Å². The number of hydrogen-bond acceptors (Lipinski definition) is 3. The van der Waals surface area contributed by atoms with Crippen LogP contribution < -0.4 is 15.2 Å². The third kappa shape index (κ3) is 4.09. The van der Waals surface area contributed by atoms with Crippen LogP contribution in [0.2, 0.25) is 0 Å². The Bertz CT molecular complexity index is 900. The Morgan fingerprint density at radius 3 is 2.80 bits per heavy atom. The van der Waals surface area contributed by atoms with Gasteiger partial charge in [0.15, 0.2) is 0 Å². The summed E-state index contributed by atoms with van der Waals surface area (Å²) in [5.41, 5.74) is 3.08. The molecule has 1 N–H and O–H groups in total. The molecule has 0 radical (unpaired) electrons. The molecule has 0 unspecified atom stereocenters. The van der Waals surface area contributed by atoms with Crippen LogP contribution >= 0.6 is 0 Å². The van der Waals surface area contributed by atoms with Crippen LogP contribution in [0.15, 0.2) is 36.4 Å². The molecule has 4 heteroatoms. The second kappa shape index (κ2) is 7.53. The second-order valence-electron chi connectivity index (χ2n) is 6.55. The van der Waals surface area contributed by atoms with Gasteiger partial charge in [0, 0.05) is 11.8 Å². The molecule has 0 aliphatic carbocycles. The van der Waals surface area contributed by atoms with Crippen molar-refractivity contribution < 1.29 is 14.6 Å². The maximum Gasteiger partial charge on any atom is 0.307 e. The number of rotatable bonds is 5. The summed E-state index contributed by atoms with van der Waals surface area (Å²) >= 11 is 0. The standard InChI is InChI=1S/C21H23NO3/c1-22(2)11-5-8-18-16(13-21(23)24)9-10-20-19(18)12-15-6-3-4-7-17(15)14-25-20/h3-4,6-10,12H,5,11,13-14H2,1-2H3,(H,23,24). The Labute approximate surface area is 147 Å². The highest BCUT2D eigenvalue weighted by Crippen LogP contribution is 2.17. The third-order valence-electron chi connectivity index (χ3n) is 4.34. The second-order valence-corrected chi connectivity index (χ2v) is 6.55. The van der Waals surface area contributed by atoms with Crippen LogP contribution in [0.5, 0.6) is 5.75 Å². The van der Waals surface area contributed by atoms with Crippen molar-refractivity contribution in [3.05, 3.63) is 63.5 Å². The number of fused-ring (bicyclic) bond motifs is 2. The van der Waals surface area contributed by atoms with Gasteiger partial charge < -0.3 is 14.7 Å². The zero-order valence-electron chi connectivity index (χ0n) is 14.7. The molecule has 0 amide bonds. The minimum atomic E-state index is -0.822. The first kappa shape index (κ1) is 17.2. The number of carboxylic acid groups (broad SMARTS) is 1. The van der Waals surface area contributed by atoms with E-state index in [0.29, 0.717) is 6.61 Å². The molecular weight excluding hydrogens is 314 g/mol. The molecule has 4 nitrogen and oxygen atoms in total. The van der Waals surface area contributed by atoms with Crippen LogP contribution in [0.1, 0.15) is 23.1 Å². The minimum absolute atomic E-state index is 0.0105. The van der Waals surface area contributed by atoms with Crippen molar-refractivity contribution in [2.75, 3.05) is 20.6 Å². The van der Waals surface area contributed by atoms with Crippen LogP contribution in [0.25, 0.3) is 12.2 Å². The lowest BCUT2D eigenvalue weighted by atomic mass is 10.0. The van der Waals surface area contributed by atoms with Crippen LogP contribution in [0.3, 0.4) is 0 Å². The van der Waals surface area contributed by atoms with Gasteiger partial charge in [0.1, 0.15) is 12.4 Å². The van der Waals surface area contributed by atoms with Crippen LogP contribution in [0, 0.1) is 0 Å². The first-order valence-corrected chi connectivity index (χ1v) is 8.45. The summed E-state index contributed by atoms with van der Waals surface area (Å²) in [7, 11) is 4.06. The number of carbonyl (C=O) groups is 1. The Kier molecular flexibility index (Phi) is 5.19. The highest BCUT2D eigenvalue weighted by atomic mass is 16.5. The number of ether oxygens (including phenoxy) is 1. The predicted octanol–water partition coefficient (Wildman–Crippen LogP) is 1.77. The molecule has 2 aromatic carbocycles. The van der Waals surface area contributed by atoms with Gasteiger partial charge in [0.25, 0.3) is 0 Å². The largest absolute Gasteiger partial charge is 0.488 e. The van der Waals surface area contributed by atoms with E-state index < -0.39 is 5.97 Å². The first-order chi connectivity index (χ1) is 12.0. The van der Waals surface area contributed by atoms with E-state index in [1.54, 1.807) is 0 Å². The van der Waals surface area contributed by atoms with Gasteiger partial charge in [-0.1, -0.05) is 36.4 Å². The van der Waals surface area contributed by atoms with E-state index >= 15 is 0 Å². The molecule has 1 heterocycles. The maximum atomic E-state index is 11.3. The SMILES string of the molecule is CN(C)CCC=c1c(CC(=O)O)ccc2c1=Cc1ccccc1CO2. The van der Waals surface area contributed by atoms with Crippen molar-refractivity contribution in [1.82, 2.24) is 4.90 Å². The van der Waals surface area contributed by atoms with Crippen molar-refractivity contribution >= 4 is 18.1 Å². The Morgan fingerprint density at radius 1 is 1.24 bits per heavy atom. The molecule has 0 saturated heterocycles. The lowest BCUT2D eigenvalue weighted by Crippen LogP contribution is -2.31. The summed E-state index contributed by atoms with van der Waals surface area (Å²) in [6.45, 7) is 1.43. The van der Waals surface area contributed by atoms with E-state index in [-0.39, 0.29) is 6.42 Å². The normalized spacial score (nSPS) is 13.5. The molecule has 3 rings (SSSR count). The highest BCUT2D eigenvalue weighted by molar-refractivity contribution is 5.71. The fraction of sp³-hybridized carbons (Fsp3) is 0.286. The number of hydrogen-bond donors (Lipinski definition) is 1. The molecular formula is C21H23NO3. The van der Waals surface area contributed by atoms with E-state index in [1.807, 2.05) is 38.4 Å². The fourth-order valence-electron chi connectivity index (χ4n) is 3.08. The van der Waals surface area contributed by atoms with Gasteiger partial charge in [-0.3, -0.25) is 4.79 Å². The topological polar surface area (TPSA) is 49.8 Å². The zero-order valence-corrected chi connectivity index (χ0v) is 14.7. The van der Waals surface area contributed by atoms with Gasteiger partial charge in [0.05, 0.1) is 6.42 Å². The van der Waals surface area contributed by atoms with Gasteiger partial charge in [0.2, 0.25) is 0 Å². The van der Waals surface area contributed by atoms with E-state index in [0.717, 1.165) is 45.8 Å². The lowest BCUT2D eigenvalue weighted by Gasteiger charge is -2.09. The van der Waals surface area contributed by atoms with E-state index in [9.17, 15) is 9.90 Å². The van der Waals surface area contributed by atoms with E-state index in [1.165, 1.54) is 0 Å². The summed E-state index contributed by atoms with van der Waals surface area (Å²) in [6, 6.07) is 11.9. The number of carboxylic acids is 1. The van der Waals surface area contributed by atoms with Gasteiger partial charge >= 0.3 is 5.97 Å². The summed E-state index contributed by atoms with van der Waals surface area (Å²) in [6.07, 6.45) is 5.11. The molecule has 2 aromatic rings. The first-order valence-electron chi connectivity index (χ1n) is 8.45. The molecule has 1 aliphatic rings. The molecule has 0 atom stereocenters. The van der Waals surface area contributed by atoms with Gasteiger partial charge in [-0.05, 0) is 54.6 Å². The zero-order chi connectivity index (χ0) is 17.8. The molecule has 0 saturated carbocycles. The predicted molar refractivity (Wildman–Crippen MR) is 99.0 cm³/mol. The highest BCUT2D eigenvalue weighted by Gasteiger charge is 2.12. The van der Waals surface area contributed by atoms with Crippen LogP contribution in [-0.4, -0.2) is 36.6 Å². The Hall–Kier alpha value is -2.59. The number of nitrogens with zero attached hydrogens (tertiary/aromatic N) is 1. The Morgan fingerprint density at radius 2 is 2.04 bits per heavy atom. The molecule has 0 aromatic heterocycles. The average Bonchev–Trinajstić information content (AvgIpc) is 2.75. The van der Waals surface area contributed by atoms with E-state index in [2.05, 4.69) is 29.2 Å². The third-order valence-corrected chi connectivity index (χ3v) is 4.34. The van der Waals surface area contributed by atoms with Crippen molar-refractivity contribution in [2.45, 2.75) is 19.4 Å². The monoisotopic (exact) mass is 337 g/mol. The van der Waals surface area contributed by atoms with Crippen LogP contribution in [-0.2, 0) is 17.8 Å². The summed E-state index contributed by atoms with van der Waals surface area (Å²) in [4.78, 5) is 13.4. The maximum absolute atomic E-state index is 11.3. The summed E-state index contributed by atoms with van der Waals surface area (Å²) in [5.74, 6) is -0.0152.